The summed E-state index contributed by atoms with van der Waals surface area (Å²) in [4.78, 5) is 0. The fourth-order valence-electron chi connectivity index (χ4n) is 2.70. The van der Waals surface area contributed by atoms with E-state index in [0.717, 1.165) is 43.4 Å². The Hall–Kier alpha value is -0.970. The highest BCUT2D eigenvalue weighted by Gasteiger charge is 2.17. The van der Waals surface area contributed by atoms with Gasteiger partial charge in [0.2, 0.25) is 0 Å². The Labute approximate surface area is 114 Å². The van der Waals surface area contributed by atoms with Gasteiger partial charge >= 0.3 is 0 Å². The van der Waals surface area contributed by atoms with Gasteiger partial charge in [-0.2, -0.15) is 0 Å². The first-order valence-corrected chi connectivity index (χ1v) is 7.04. The van der Waals surface area contributed by atoms with Crippen LogP contribution in [-0.2, 0) is 4.74 Å². The van der Waals surface area contributed by atoms with Gasteiger partial charge in [0, 0.05) is 12.6 Å². The highest BCUT2D eigenvalue weighted by molar-refractivity contribution is 5.26. The Morgan fingerprint density at radius 1 is 1.42 bits per heavy atom. The molecule has 1 heterocycles. The maximum Gasteiger partial charge on any atom is 0.123 e. The fraction of sp³-hybridized carbons (Fsp3) is 0.600. The first-order chi connectivity index (χ1) is 9.19. The zero-order chi connectivity index (χ0) is 13.7. The zero-order valence-corrected chi connectivity index (χ0v) is 11.5. The molecule has 0 radical (unpaired) electrons. The number of nitrogens with one attached hydrogen (secondary N) is 1. The number of benzene rings is 1. The first kappa shape index (κ1) is 14.4. The van der Waals surface area contributed by atoms with E-state index < -0.39 is 0 Å². The molecular formula is C15H23FN2O. The lowest BCUT2D eigenvalue weighted by molar-refractivity contribution is 0.00854. The van der Waals surface area contributed by atoms with Crippen LogP contribution in [0.5, 0.6) is 0 Å². The van der Waals surface area contributed by atoms with Gasteiger partial charge < -0.3 is 4.74 Å². The number of hydrogen-bond acceptors (Lipinski definition) is 3. The van der Waals surface area contributed by atoms with Gasteiger partial charge in [-0.15, -0.1) is 0 Å². The van der Waals surface area contributed by atoms with Crippen molar-refractivity contribution in [1.29, 1.82) is 0 Å². The van der Waals surface area contributed by atoms with Crippen molar-refractivity contribution in [2.45, 2.75) is 51.2 Å². The number of hydrogen-bond donors (Lipinski definition) is 2. The van der Waals surface area contributed by atoms with Crippen LogP contribution in [0.3, 0.4) is 0 Å². The molecule has 0 amide bonds. The normalized spacial score (nSPS) is 21.3. The van der Waals surface area contributed by atoms with E-state index >= 15 is 0 Å². The third-order valence-corrected chi connectivity index (χ3v) is 3.72. The van der Waals surface area contributed by atoms with Crippen LogP contribution in [-0.4, -0.2) is 12.7 Å². The third kappa shape index (κ3) is 4.27. The number of rotatable bonds is 5. The second-order valence-electron chi connectivity index (χ2n) is 5.35. The van der Waals surface area contributed by atoms with E-state index in [0.29, 0.717) is 6.10 Å². The second-order valence-corrected chi connectivity index (χ2v) is 5.35. The topological polar surface area (TPSA) is 47.3 Å². The van der Waals surface area contributed by atoms with Gasteiger partial charge in [-0.05, 0) is 62.3 Å². The molecule has 1 aliphatic heterocycles. The van der Waals surface area contributed by atoms with Gasteiger partial charge in [0.1, 0.15) is 5.82 Å². The molecule has 0 aromatic heterocycles. The average molecular weight is 266 g/mol. The number of aryl methyl sites for hydroxylation is 1. The summed E-state index contributed by atoms with van der Waals surface area (Å²) in [7, 11) is 0. The molecule has 19 heavy (non-hydrogen) atoms. The van der Waals surface area contributed by atoms with Crippen molar-refractivity contribution in [3.63, 3.8) is 0 Å². The van der Waals surface area contributed by atoms with E-state index in [9.17, 15) is 4.39 Å². The van der Waals surface area contributed by atoms with Crippen LogP contribution >= 0.6 is 0 Å². The minimum absolute atomic E-state index is 0.0140. The summed E-state index contributed by atoms with van der Waals surface area (Å²) in [6.45, 7) is 2.76. The Morgan fingerprint density at radius 3 is 2.89 bits per heavy atom. The lowest BCUT2D eigenvalue weighted by Crippen LogP contribution is -2.30. The van der Waals surface area contributed by atoms with E-state index in [2.05, 4.69) is 5.43 Å². The SMILES string of the molecule is Cc1cc(F)cc(C(CCC2CCCCO2)NN)c1. The van der Waals surface area contributed by atoms with Gasteiger partial charge in [0.25, 0.3) is 0 Å². The van der Waals surface area contributed by atoms with Crippen LogP contribution in [0.1, 0.15) is 49.3 Å². The van der Waals surface area contributed by atoms with Crippen molar-refractivity contribution in [1.82, 2.24) is 5.43 Å². The van der Waals surface area contributed by atoms with Crippen molar-refractivity contribution in [2.24, 2.45) is 5.84 Å². The number of hydrazine groups is 1. The van der Waals surface area contributed by atoms with Crippen LogP contribution in [0.15, 0.2) is 18.2 Å². The number of nitrogens with two attached hydrogens (primary N) is 1. The molecule has 0 spiro atoms. The lowest BCUT2D eigenvalue weighted by Gasteiger charge is -2.25. The molecule has 1 aromatic rings. The molecule has 0 bridgehead atoms. The van der Waals surface area contributed by atoms with Gasteiger partial charge in [0.05, 0.1) is 6.10 Å². The molecule has 0 saturated carbocycles. The Morgan fingerprint density at radius 2 is 2.26 bits per heavy atom. The fourth-order valence-corrected chi connectivity index (χ4v) is 2.70. The molecule has 1 saturated heterocycles. The average Bonchev–Trinajstić information content (AvgIpc) is 2.39. The van der Waals surface area contributed by atoms with Crippen molar-refractivity contribution in [3.8, 4) is 0 Å². The van der Waals surface area contributed by atoms with Crippen molar-refractivity contribution in [3.05, 3.63) is 35.1 Å². The molecule has 3 nitrogen and oxygen atoms in total. The summed E-state index contributed by atoms with van der Waals surface area (Å²) in [5.41, 5.74) is 4.62. The highest BCUT2D eigenvalue weighted by atomic mass is 19.1. The molecule has 1 aliphatic rings. The van der Waals surface area contributed by atoms with Gasteiger partial charge in [-0.25, -0.2) is 4.39 Å². The third-order valence-electron chi connectivity index (χ3n) is 3.72. The summed E-state index contributed by atoms with van der Waals surface area (Å²) in [6, 6.07) is 5.05. The maximum absolute atomic E-state index is 13.4. The molecule has 0 aliphatic carbocycles. The maximum atomic E-state index is 13.4. The van der Waals surface area contributed by atoms with Gasteiger partial charge in [-0.3, -0.25) is 11.3 Å². The highest BCUT2D eigenvalue weighted by Crippen LogP contribution is 2.24. The molecule has 1 aromatic carbocycles. The molecule has 2 rings (SSSR count). The second kappa shape index (κ2) is 6.98. The summed E-state index contributed by atoms with van der Waals surface area (Å²) in [5, 5.41) is 0. The van der Waals surface area contributed by atoms with Crippen molar-refractivity contribution < 1.29 is 9.13 Å². The quantitative estimate of drug-likeness (QED) is 0.636. The summed E-state index contributed by atoms with van der Waals surface area (Å²) < 4.78 is 19.1. The first-order valence-electron chi connectivity index (χ1n) is 7.04. The van der Waals surface area contributed by atoms with Crippen LogP contribution < -0.4 is 11.3 Å². The minimum atomic E-state index is -0.204. The Balaban J connectivity index is 1.95. The Kier molecular flexibility index (Phi) is 5.31. The monoisotopic (exact) mass is 266 g/mol. The van der Waals surface area contributed by atoms with Crippen LogP contribution in [0.2, 0.25) is 0 Å². The van der Waals surface area contributed by atoms with E-state index in [1.54, 1.807) is 6.07 Å². The van der Waals surface area contributed by atoms with Crippen molar-refractivity contribution in [2.75, 3.05) is 6.61 Å². The molecule has 2 unspecified atom stereocenters. The standard InChI is InChI=1S/C15H23FN2O/c1-11-8-12(10-13(16)9-11)15(18-17)6-5-14-4-2-3-7-19-14/h8-10,14-15,18H,2-7,17H2,1H3. The van der Waals surface area contributed by atoms with Crippen LogP contribution in [0, 0.1) is 12.7 Å². The molecule has 2 atom stereocenters. The largest absolute Gasteiger partial charge is 0.378 e. The van der Waals surface area contributed by atoms with E-state index in [-0.39, 0.29) is 11.9 Å². The molecule has 1 fully saturated rings. The molecule has 3 N–H and O–H groups in total. The number of halogens is 1. The van der Waals surface area contributed by atoms with Gasteiger partial charge in [-0.1, -0.05) is 6.07 Å². The molecule has 4 heteroatoms. The molecule has 106 valence electrons. The van der Waals surface area contributed by atoms with E-state index in [4.69, 9.17) is 10.6 Å². The van der Waals surface area contributed by atoms with Crippen molar-refractivity contribution >= 4 is 0 Å². The zero-order valence-electron chi connectivity index (χ0n) is 11.5. The summed E-state index contributed by atoms with van der Waals surface area (Å²) >= 11 is 0. The van der Waals surface area contributed by atoms with E-state index in [1.807, 2.05) is 13.0 Å². The molecular weight excluding hydrogens is 243 g/mol. The predicted octanol–water partition coefficient (Wildman–Crippen LogP) is 2.99. The lowest BCUT2D eigenvalue weighted by atomic mass is 9.96. The summed E-state index contributed by atoms with van der Waals surface area (Å²) in [6.07, 6.45) is 5.69. The predicted molar refractivity (Wildman–Crippen MR) is 74.0 cm³/mol. The number of ether oxygens (including phenoxy) is 1. The van der Waals surface area contributed by atoms with Crippen LogP contribution in [0.4, 0.5) is 4.39 Å². The Bertz CT molecular complexity index is 385. The smallest absolute Gasteiger partial charge is 0.123 e. The van der Waals surface area contributed by atoms with Gasteiger partial charge in [0.15, 0.2) is 0 Å². The van der Waals surface area contributed by atoms with E-state index in [1.165, 1.54) is 12.5 Å². The van der Waals surface area contributed by atoms with Crippen LogP contribution in [0.25, 0.3) is 0 Å². The summed E-state index contributed by atoms with van der Waals surface area (Å²) in [5.74, 6) is 5.40. The minimum Gasteiger partial charge on any atom is -0.378 e.